The topological polar surface area (TPSA) is 61.4 Å². The molecule has 3 rings (SSSR count). The molecule has 0 unspecified atom stereocenters. The number of halogens is 1. The number of carbonyl (C=O) groups excluding carboxylic acids is 2. The second-order valence-corrected chi connectivity index (χ2v) is 6.25. The van der Waals surface area contributed by atoms with Gasteiger partial charge >= 0.3 is 6.03 Å². The molecule has 0 saturated carbocycles. The first-order valence-corrected chi connectivity index (χ1v) is 8.07. The van der Waals surface area contributed by atoms with E-state index >= 15 is 0 Å². The van der Waals surface area contributed by atoms with Crippen molar-refractivity contribution in [3.8, 4) is 0 Å². The van der Waals surface area contributed by atoms with Gasteiger partial charge in [-0.3, -0.25) is 9.69 Å². The van der Waals surface area contributed by atoms with Gasteiger partial charge in [-0.2, -0.15) is 0 Å². The van der Waals surface area contributed by atoms with Crippen LogP contribution in [0, 0.1) is 6.92 Å². The Morgan fingerprint density at radius 3 is 2.67 bits per heavy atom. The van der Waals surface area contributed by atoms with Crippen LogP contribution < -0.4 is 15.5 Å². The highest BCUT2D eigenvalue weighted by atomic mass is 35.5. The van der Waals surface area contributed by atoms with Gasteiger partial charge < -0.3 is 10.6 Å². The Morgan fingerprint density at radius 1 is 1.12 bits per heavy atom. The van der Waals surface area contributed by atoms with E-state index in [0.717, 1.165) is 23.2 Å². The molecule has 0 spiro atoms. The van der Waals surface area contributed by atoms with Gasteiger partial charge in [-0.1, -0.05) is 23.7 Å². The van der Waals surface area contributed by atoms with Crippen molar-refractivity contribution >= 4 is 40.6 Å². The molecule has 1 aliphatic heterocycles. The highest BCUT2D eigenvalue weighted by molar-refractivity contribution is 6.34. The quantitative estimate of drug-likeness (QED) is 0.858. The Hall–Kier alpha value is -2.53. The minimum atomic E-state index is -0.235. The fraction of sp³-hybridized carbons (Fsp3) is 0.222. The summed E-state index contributed by atoms with van der Waals surface area (Å²) in [5.41, 5.74) is 4.25. The van der Waals surface area contributed by atoms with E-state index in [2.05, 4.69) is 16.7 Å². The molecule has 0 bridgehead atoms. The molecular weight excluding hydrogens is 326 g/mol. The van der Waals surface area contributed by atoms with E-state index in [4.69, 9.17) is 11.6 Å². The average Bonchev–Trinajstić information content (AvgIpc) is 2.93. The first-order chi connectivity index (χ1) is 11.4. The van der Waals surface area contributed by atoms with Gasteiger partial charge in [0.1, 0.15) is 0 Å². The van der Waals surface area contributed by atoms with E-state index in [1.807, 2.05) is 19.1 Å². The largest absolute Gasteiger partial charge is 0.326 e. The summed E-state index contributed by atoms with van der Waals surface area (Å²) in [6, 6.07) is 10.9. The molecule has 0 fully saturated rings. The molecule has 0 saturated heterocycles. The maximum atomic E-state index is 12.6. The third-order valence-electron chi connectivity index (χ3n) is 3.91. The number of nitrogens with one attached hydrogen (secondary N) is 2. The number of carbonyl (C=O) groups is 2. The van der Waals surface area contributed by atoms with Crippen LogP contribution in [0.15, 0.2) is 36.4 Å². The summed E-state index contributed by atoms with van der Waals surface area (Å²) >= 11 is 6.16. The van der Waals surface area contributed by atoms with Crippen molar-refractivity contribution in [2.24, 2.45) is 0 Å². The summed E-state index contributed by atoms with van der Waals surface area (Å²) < 4.78 is 0. The number of fused-ring (bicyclic) bond motifs is 1. The standard InChI is InChI=1S/C18H18ClN3O2/c1-11-3-4-13-7-8-22(17(13)9-11)18(24)21-16-10-14(20-12(2)23)5-6-15(16)19/h3-6,9-10H,7-8H2,1-2H3,(H,20,23)(H,21,24). The van der Waals surface area contributed by atoms with Crippen molar-refractivity contribution in [2.45, 2.75) is 20.3 Å². The lowest BCUT2D eigenvalue weighted by molar-refractivity contribution is -0.114. The molecule has 0 aliphatic carbocycles. The van der Waals surface area contributed by atoms with Crippen LogP contribution in [-0.2, 0) is 11.2 Å². The molecule has 2 N–H and O–H groups in total. The van der Waals surface area contributed by atoms with E-state index in [1.165, 1.54) is 6.92 Å². The van der Waals surface area contributed by atoms with Crippen LogP contribution in [0.5, 0.6) is 0 Å². The van der Waals surface area contributed by atoms with Gasteiger partial charge in [0.15, 0.2) is 0 Å². The van der Waals surface area contributed by atoms with Crippen LogP contribution in [0.3, 0.4) is 0 Å². The molecule has 5 nitrogen and oxygen atoms in total. The third kappa shape index (κ3) is 3.36. The van der Waals surface area contributed by atoms with E-state index in [0.29, 0.717) is 22.9 Å². The van der Waals surface area contributed by atoms with E-state index < -0.39 is 0 Å². The zero-order chi connectivity index (χ0) is 17.3. The number of amides is 3. The second kappa shape index (κ2) is 6.53. The molecule has 1 heterocycles. The summed E-state index contributed by atoms with van der Waals surface area (Å²) in [4.78, 5) is 25.5. The van der Waals surface area contributed by atoms with Gasteiger partial charge in [-0.05, 0) is 48.7 Å². The molecule has 6 heteroatoms. The molecule has 3 amide bonds. The number of hydrogen-bond donors (Lipinski definition) is 2. The fourth-order valence-corrected chi connectivity index (χ4v) is 2.95. The zero-order valence-electron chi connectivity index (χ0n) is 13.5. The Bertz CT molecular complexity index is 820. The number of benzene rings is 2. The van der Waals surface area contributed by atoms with Crippen molar-refractivity contribution in [1.29, 1.82) is 0 Å². The van der Waals surface area contributed by atoms with E-state index in [-0.39, 0.29) is 11.9 Å². The summed E-state index contributed by atoms with van der Waals surface area (Å²) in [5.74, 6) is -0.182. The summed E-state index contributed by atoms with van der Waals surface area (Å²) in [5, 5.41) is 5.92. The van der Waals surface area contributed by atoms with Gasteiger partial charge in [-0.15, -0.1) is 0 Å². The molecule has 0 atom stereocenters. The normalized spacial score (nSPS) is 12.7. The maximum absolute atomic E-state index is 12.6. The van der Waals surface area contributed by atoms with Crippen LogP contribution in [-0.4, -0.2) is 18.5 Å². The summed E-state index contributed by atoms with van der Waals surface area (Å²) in [6.45, 7) is 4.06. The van der Waals surface area contributed by atoms with E-state index in [9.17, 15) is 9.59 Å². The van der Waals surface area contributed by atoms with E-state index in [1.54, 1.807) is 23.1 Å². The molecule has 24 heavy (non-hydrogen) atoms. The van der Waals surface area contributed by atoms with Crippen LogP contribution in [0.1, 0.15) is 18.1 Å². The van der Waals surface area contributed by atoms with Crippen molar-refractivity contribution in [3.05, 3.63) is 52.5 Å². The smallest absolute Gasteiger partial charge is 0.326 e. The lowest BCUT2D eigenvalue weighted by Crippen LogP contribution is -2.33. The van der Waals surface area contributed by atoms with Gasteiger partial charge in [0.2, 0.25) is 5.91 Å². The monoisotopic (exact) mass is 343 g/mol. The number of aryl methyl sites for hydroxylation is 1. The lowest BCUT2D eigenvalue weighted by atomic mass is 10.1. The van der Waals surface area contributed by atoms with Gasteiger partial charge in [0.05, 0.1) is 10.7 Å². The maximum Gasteiger partial charge on any atom is 0.326 e. The Morgan fingerprint density at radius 2 is 1.92 bits per heavy atom. The Balaban J connectivity index is 1.81. The number of hydrogen-bond acceptors (Lipinski definition) is 2. The highest BCUT2D eigenvalue weighted by Gasteiger charge is 2.25. The highest BCUT2D eigenvalue weighted by Crippen LogP contribution is 2.31. The molecular formula is C18H18ClN3O2. The van der Waals surface area contributed by atoms with Crippen molar-refractivity contribution in [1.82, 2.24) is 0 Å². The minimum Gasteiger partial charge on any atom is -0.326 e. The third-order valence-corrected chi connectivity index (χ3v) is 4.24. The molecule has 1 aliphatic rings. The fourth-order valence-electron chi connectivity index (χ4n) is 2.78. The van der Waals surface area contributed by atoms with Crippen LogP contribution >= 0.6 is 11.6 Å². The first-order valence-electron chi connectivity index (χ1n) is 7.69. The SMILES string of the molecule is CC(=O)Nc1ccc(Cl)c(NC(=O)N2CCc3ccc(C)cc32)c1. The van der Waals surface area contributed by atoms with Gasteiger partial charge in [-0.25, -0.2) is 4.79 Å². The van der Waals surface area contributed by atoms with Gasteiger partial charge in [0, 0.05) is 24.8 Å². The first kappa shape index (κ1) is 16.3. The molecule has 2 aromatic rings. The number of anilines is 3. The summed E-state index contributed by atoms with van der Waals surface area (Å²) in [7, 11) is 0. The number of rotatable bonds is 2. The predicted molar refractivity (Wildman–Crippen MR) is 97.0 cm³/mol. The van der Waals surface area contributed by atoms with Crippen LogP contribution in [0.25, 0.3) is 0 Å². The predicted octanol–water partition coefficient (Wildman–Crippen LogP) is 4.20. The molecule has 0 radical (unpaired) electrons. The second-order valence-electron chi connectivity index (χ2n) is 5.84. The molecule has 124 valence electrons. The molecule has 0 aromatic heterocycles. The van der Waals surface area contributed by atoms with Crippen LogP contribution in [0.2, 0.25) is 5.02 Å². The Kier molecular flexibility index (Phi) is 4.44. The van der Waals surface area contributed by atoms with Crippen LogP contribution in [0.4, 0.5) is 21.9 Å². The number of nitrogens with zero attached hydrogens (tertiary/aromatic N) is 1. The Labute approximate surface area is 145 Å². The molecule has 2 aromatic carbocycles. The van der Waals surface area contributed by atoms with Crippen molar-refractivity contribution in [2.75, 3.05) is 22.1 Å². The lowest BCUT2D eigenvalue weighted by Gasteiger charge is -2.19. The minimum absolute atomic E-state index is 0.182. The van der Waals surface area contributed by atoms with Gasteiger partial charge in [0.25, 0.3) is 0 Å². The summed E-state index contributed by atoms with van der Waals surface area (Å²) in [6.07, 6.45) is 0.836. The zero-order valence-corrected chi connectivity index (χ0v) is 14.3. The van der Waals surface area contributed by atoms with Crippen molar-refractivity contribution < 1.29 is 9.59 Å². The van der Waals surface area contributed by atoms with Crippen molar-refractivity contribution in [3.63, 3.8) is 0 Å². The number of urea groups is 1. The average molecular weight is 344 g/mol.